The van der Waals surface area contributed by atoms with Crippen LogP contribution >= 0.6 is 11.7 Å². The number of methoxy groups -OCH3 is 2. The van der Waals surface area contributed by atoms with Crippen molar-refractivity contribution in [2.75, 3.05) is 14.2 Å². The molecule has 1 aromatic heterocycles. The van der Waals surface area contributed by atoms with Crippen LogP contribution in [0.25, 0.3) is 16.6 Å². The molecule has 10 heteroatoms. The first kappa shape index (κ1) is 33.1. The molecule has 0 aliphatic carbocycles. The van der Waals surface area contributed by atoms with E-state index in [9.17, 15) is 14.7 Å². The van der Waals surface area contributed by atoms with Crippen LogP contribution in [0.1, 0.15) is 32.6 Å². The third kappa shape index (κ3) is 7.51. The highest BCUT2D eigenvalue weighted by atomic mass is 32.1. The van der Waals surface area contributed by atoms with Crippen molar-refractivity contribution in [2.45, 2.75) is 18.8 Å². The Morgan fingerprint density at radius 1 is 0.755 bits per heavy atom. The van der Waals surface area contributed by atoms with Gasteiger partial charge in [0.1, 0.15) is 41.2 Å². The van der Waals surface area contributed by atoms with Crippen LogP contribution in [-0.2, 0) is 28.3 Å². The van der Waals surface area contributed by atoms with Crippen molar-refractivity contribution in [3.05, 3.63) is 155 Å². The minimum atomic E-state index is -1.97. The fraction of sp³-hybridized carbons (Fsp3) is 0.128. The predicted molar refractivity (Wildman–Crippen MR) is 187 cm³/mol. The molecule has 6 aromatic rings. The molecule has 1 aliphatic heterocycles. The molecule has 1 unspecified atom stereocenters. The molecule has 1 N–H and O–H groups in total. The van der Waals surface area contributed by atoms with Gasteiger partial charge in [-0.25, -0.2) is 4.79 Å². The Labute approximate surface area is 287 Å². The van der Waals surface area contributed by atoms with Crippen LogP contribution in [0.2, 0.25) is 0 Å². The lowest BCUT2D eigenvalue weighted by Gasteiger charge is -2.26. The van der Waals surface area contributed by atoms with E-state index in [-0.39, 0.29) is 6.42 Å². The number of nitrogens with zero attached hydrogens (tertiary/aromatic N) is 2. The summed E-state index contributed by atoms with van der Waals surface area (Å²) in [5, 5.41) is 12.0. The second-order valence-electron chi connectivity index (χ2n) is 11.1. The lowest BCUT2D eigenvalue weighted by Crippen LogP contribution is -2.29. The van der Waals surface area contributed by atoms with Gasteiger partial charge in [-0.1, -0.05) is 60.7 Å². The first-order valence-corrected chi connectivity index (χ1v) is 16.0. The maximum absolute atomic E-state index is 13.4. The highest BCUT2D eigenvalue weighted by Crippen LogP contribution is 2.45. The van der Waals surface area contributed by atoms with Crippen LogP contribution < -0.4 is 14.2 Å². The molecular weight excluding hydrogens is 641 g/mol. The van der Waals surface area contributed by atoms with E-state index in [1.54, 1.807) is 74.9 Å². The number of esters is 1. The van der Waals surface area contributed by atoms with Crippen molar-refractivity contribution < 1.29 is 33.6 Å². The lowest BCUT2D eigenvalue weighted by atomic mass is 9.88. The van der Waals surface area contributed by atoms with Gasteiger partial charge in [0.15, 0.2) is 0 Å². The summed E-state index contributed by atoms with van der Waals surface area (Å²) in [6.07, 6.45) is 1.05. The average molecular weight is 673 g/mol. The van der Waals surface area contributed by atoms with Crippen molar-refractivity contribution in [3.8, 4) is 17.2 Å². The Balaban J connectivity index is 0.000000359. The summed E-state index contributed by atoms with van der Waals surface area (Å²) < 4.78 is 30.5. The van der Waals surface area contributed by atoms with Crippen LogP contribution in [0.4, 0.5) is 0 Å². The zero-order chi connectivity index (χ0) is 34.2. The summed E-state index contributed by atoms with van der Waals surface area (Å²) in [5.41, 5.74) is 5.73. The molecule has 246 valence electrons. The molecule has 9 nitrogen and oxygen atoms in total. The Bertz CT molecular complexity index is 2110. The molecule has 0 spiro atoms. The Morgan fingerprint density at radius 2 is 1.45 bits per heavy atom. The van der Waals surface area contributed by atoms with Crippen LogP contribution in [0.3, 0.4) is 0 Å². The number of aldehydes is 1. The third-order valence-corrected chi connectivity index (χ3v) is 8.49. The highest BCUT2D eigenvalue weighted by molar-refractivity contribution is 7.00. The molecule has 2 heterocycles. The monoisotopic (exact) mass is 672 g/mol. The molecule has 0 radical (unpaired) electrons. The van der Waals surface area contributed by atoms with Gasteiger partial charge in [-0.05, 0) is 77.4 Å². The minimum Gasteiger partial charge on any atom is -0.497 e. The lowest BCUT2D eigenvalue weighted by molar-refractivity contribution is -0.185. The molecule has 5 aromatic carbocycles. The smallest absolute Gasteiger partial charge is 0.342 e. The van der Waals surface area contributed by atoms with E-state index < -0.39 is 11.8 Å². The van der Waals surface area contributed by atoms with Gasteiger partial charge >= 0.3 is 5.97 Å². The average Bonchev–Trinajstić information content (AvgIpc) is 3.72. The topological polar surface area (TPSA) is 117 Å². The second kappa shape index (κ2) is 14.9. The van der Waals surface area contributed by atoms with Crippen LogP contribution in [-0.4, -0.2) is 40.3 Å². The molecule has 49 heavy (non-hydrogen) atoms. The molecule has 0 saturated carbocycles. The molecule has 0 bridgehead atoms. The number of cyclic esters (lactones) is 1. The van der Waals surface area contributed by atoms with Crippen LogP contribution in [0.15, 0.2) is 127 Å². The van der Waals surface area contributed by atoms with Gasteiger partial charge in [0, 0.05) is 23.1 Å². The predicted octanol–water partition coefficient (Wildman–Crippen LogP) is 7.19. The molecule has 1 aliphatic rings. The Kier molecular flexibility index (Phi) is 10.1. The standard InChI is InChI=1S/C31H24N2O5S.C8H8O2/c1-36-25-9-5-8-21(16-25)17-26-29(22-10-15-27-28(18-22)33-39-32-27)30(34)38-31(26,35)23-11-13-24(14-12-23)37-19-20-6-3-2-4-7-20;1-10-8-4-2-3-7(5-8)6-9/h2-16,18,35H,17,19H2,1H3;2-6H,1H3. The maximum atomic E-state index is 13.4. The number of hydrogen-bond acceptors (Lipinski definition) is 10. The van der Waals surface area contributed by atoms with Gasteiger partial charge in [0.05, 0.1) is 31.5 Å². The molecule has 0 amide bonds. The van der Waals surface area contributed by atoms with Gasteiger partial charge in [-0.2, -0.15) is 8.75 Å². The van der Waals surface area contributed by atoms with Crippen molar-refractivity contribution >= 4 is 40.6 Å². The SMILES string of the molecule is COc1cccc(C=O)c1.COc1cccc(CC2=C(c3ccc4nsnc4c3)C(=O)OC2(O)c2ccc(OCc3ccccc3)cc2)c1. The number of aliphatic hydroxyl groups is 1. The minimum absolute atomic E-state index is 0.258. The molecule has 1 atom stereocenters. The number of benzene rings is 5. The molecule has 7 rings (SSSR count). The summed E-state index contributed by atoms with van der Waals surface area (Å²) >= 11 is 1.11. The van der Waals surface area contributed by atoms with Gasteiger partial charge in [-0.15, -0.1) is 0 Å². The molecular formula is C39H32N2O7S. The first-order chi connectivity index (χ1) is 23.9. The number of aromatic nitrogens is 2. The fourth-order valence-electron chi connectivity index (χ4n) is 5.43. The highest BCUT2D eigenvalue weighted by Gasteiger charge is 2.48. The van der Waals surface area contributed by atoms with Crippen molar-refractivity contribution in [3.63, 3.8) is 0 Å². The zero-order valence-corrected chi connectivity index (χ0v) is 27.6. The van der Waals surface area contributed by atoms with Crippen molar-refractivity contribution in [1.29, 1.82) is 0 Å². The van der Waals surface area contributed by atoms with Crippen LogP contribution in [0.5, 0.6) is 17.2 Å². The fourth-order valence-corrected chi connectivity index (χ4v) is 5.95. The number of fused-ring (bicyclic) bond motifs is 1. The summed E-state index contributed by atoms with van der Waals surface area (Å²) in [4.78, 5) is 23.6. The quantitative estimate of drug-likeness (QED) is 0.119. The summed E-state index contributed by atoms with van der Waals surface area (Å²) in [6, 6.07) is 36.8. The molecule has 0 saturated heterocycles. The van der Waals surface area contributed by atoms with E-state index in [1.807, 2.05) is 60.7 Å². The second-order valence-corrected chi connectivity index (χ2v) is 11.6. The van der Waals surface area contributed by atoms with Crippen molar-refractivity contribution in [1.82, 2.24) is 8.75 Å². The van der Waals surface area contributed by atoms with Gasteiger partial charge in [-0.3, -0.25) is 4.79 Å². The summed E-state index contributed by atoms with van der Waals surface area (Å²) in [5.74, 6) is -0.552. The third-order valence-electron chi connectivity index (χ3n) is 7.94. The van der Waals surface area contributed by atoms with E-state index in [0.717, 1.165) is 34.7 Å². The Hall–Kier alpha value is -5.84. The van der Waals surface area contributed by atoms with Crippen LogP contribution in [0, 0.1) is 0 Å². The van der Waals surface area contributed by atoms with E-state index in [4.69, 9.17) is 18.9 Å². The van der Waals surface area contributed by atoms with Crippen molar-refractivity contribution in [2.24, 2.45) is 0 Å². The maximum Gasteiger partial charge on any atom is 0.342 e. The normalized spacial score (nSPS) is 15.3. The first-order valence-electron chi connectivity index (χ1n) is 15.3. The van der Waals surface area contributed by atoms with E-state index in [2.05, 4.69) is 8.75 Å². The number of hydrogen-bond donors (Lipinski definition) is 1. The number of carbonyl (C=O) groups excluding carboxylic acids is 2. The zero-order valence-electron chi connectivity index (χ0n) is 26.7. The van der Waals surface area contributed by atoms with E-state index in [1.165, 1.54) is 0 Å². The van der Waals surface area contributed by atoms with Gasteiger partial charge in [0.2, 0.25) is 0 Å². The number of rotatable bonds is 10. The summed E-state index contributed by atoms with van der Waals surface area (Å²) in [7, 11) is 3.17. The Morgan fingerprint density at radius 3 is 2.18 bits per heavy atom. The van der Waals surface area contributed by atoms with E-state index in [0.29, 0.717) is 57.2 Å². The molecule has 0 fully saturated rings. The summed E-state index contributed by atoms with van der Waals surface area (Å²) in [6.45, 7) is 0.415. The number of ether oxygens (including phenoxy) is 4. The van der Waals surface area contributed by atoms with Gasteiger partial charge < -0.3 is 24.1 Å². The van der Waals surface area contributed by atoms with Gasteiger partial charge in [0.25, 0.3) is 5.79 Å². The number of carbonyl (C=O) groups is 2. The largest absolute Gasteiger partial charge is 0.497 e. The van der Waals surface area contributed by atoms with E-state index >= 15 is 0 Å².